The Morgan fingerprint density at radius 2 is 1.79 bits per heavy atom. The van der Waals surface area contributed by atoms with Gasteiger partial charge in [-0.3, -0.25) is 4.68 Å². The Balaban J connectivity index is 1.64. The predicted molar refractivity (Wildman–Crippen MR) is 113 cm³/mol. The van der Waals surface area contributed by atoms with E-state index in [0.717, 1.165) is 58.7 Å². The van der Waals surface area contributed by atoms with E-state index in [-0.39, 0.29) is 0 Å². The first-order valence-corrected chi connectivity index (χ1v) is 9.38. The zero-order chi connectivity index (χ0) is 19.5. The summed E-state index contributed by atoms with van der Waals surface area (Å²) in [6.07, 6.45) is 5.47. The van der Waals surface area contributed by atoms with Crippen LogP contribution in [0.5, 0.6) is 0 Å². The monoisotopic (exact) mass is 372 g/mol. The maximum atomic E-state index is 6.08. The van der Waals surface area contributed by atoms with Crippen LogP contribution in [0.2, 0.25) is 0 Å². The molecule has 0 atom stereocenters. The second-order valence-electron chi connectivity index (χ2n) is 7.06. The molecule has 0 amide bonds. The highest BCUT2D eigenvalue weighted by Crippen LogP contribution is 2.25. The highest BCUT2D eigenvalue weighted by Gasteiger charge is 2.13. The number of benzene rings is 2. The Kier molecular flexibility index (Phi) is 4.93. The number of nitrogens with zero attached hydrogens (tertiary/aromatic N) is 5. The highest BCUT2D eigenvalue weighted by atomic mass is 15.2. The quantitative estimate of drug-likeness (QED) is 0.525. The fourth-order valence-electron chi connectivity index (χ4n) is 3.42. The molecule has 0 aliphatic heterocycles. The van der Waals surface area contributed by atoms with E-state index in [1.165, 1.54) is 0 Å². The zero-order valence-electron chi connectivity index (χ0n) is 16.2. The molecule has 142 valence electrons. The largest absolute Gasteiger partial charge is 0.399 e. The lowest BCUT2D eigenvalue weighted by Gasteiger charge is -2.20. The summed E-state index contributed by atoms with van der Waals surface area (Å²) in [5, 5.41) is 5.31. The van der Waals surface area contributed by atoms with Crippen molar-refractivity contribution in [2.45, 2.75) is 19.4 Å². The number of fused-ring (bicyclic) bond motifs is 1. The first kappa shape index (κ1) is 18.0. The fraction of sp³-hybridized carbons (Fsp3) is 0.227. The van der Waals surface area contributed by atoms with Crippen molar-refractivity contribution in [1.29, 1.82) is 0 Å². The van der Waals surface area contributed by atoms with Gasteiger partial charge in [0.1, 0.15) is 11.6 Å². The third kappa shape index (κ3) is 3.81. The highest BCUT2D eigenvalue weighted by molar-refractivity contribution is 5.89. The molecule has 0 aliphatic carbocycles. The van der Waals surface area contributed by atoms with Crippen molar-refractivity contribution in [3.63, 3.8) is 0 Å². The number of rotatable bonds is 6. The molecule has 0 spiro atoms. The summed E-state index contributed by atoms with van der Waals surface area (Å²) in [6.45, 7) is 0.736. The van der Waals surface area contributed by atoms with Crippen LogP contribution in [0, 0.1) is 0 Å². The lowest BCUT2D eigenvalue weighted by Crippen LogP contribution is -2.19. The Morgan fingerprint density at radius 3 is 2.57 bits per heavy atom. The van der Waals surface area contributed by atoms with Gasteiger partial charge in [0.05, 0.1) is 11.7 Å². The molecule has 6 nitrogen and oxygen atoms in total. The molecule has 6 heteroatoms. The second kappa shape index (κ2) is 7.68. The Hall–Kier alpha value is -3.41. The first-order chi connectivity index (χ1) is 13.6. The Bertz CT molecular complexity index is 1100. The molecule has 0 unspecified atom stereocenters. The third-order valence-corrected chi connectivity index (χ3v) is 4.84. The lowest BCUT2D eigenvalue weighted by molar-refractivity contribution is 0.766. The van der Waals surface area contributed by atoms with Gasteiger partial charge in [-0.15, -0.1) is 0 Å². The molecule has 2 N–H and O–H groups in total. The van der Waals surface area contributed by atoms with E-state index in [2.05, 4.69) is 29.2 Å². The predicted octanol–water partition coefficient (Wildman–Crippen LogP) is 3.37. The number of nitrogen functional groups attached to an aromatic ring is 1. The Morgan fingerprint density at radius 1 is 1.00 bits per heavy atom. The van der Waals surface area contributed by atoms with Crippen LogP contribution in [-0.4, -0.2) is 26.8 Å². The van der Waals surface area contributed by atoms with E-state index in [1.807, 2.05) is 60.5 Å². The van der Waals surface area contributed by atoms with Crippen LogP contribution in [-0.2, 0) is 26.4 Å². The van der Waals surface area contributed by atoms with E-state index < -0.39 is 0 Å². The molecule has 0 saturated carbocycles. The van der Waals surface area contributed by atoms with Crippen molar-refractivity contribution in [1.82, 2.24) is 19.7 Å². The van der Waals surface area contributed by atoms with Gasteiger partial charge in [-0.1, -0.05) is 30.3 Å². The first-order valence-electron chi connectivity index (χ1n) is 9.38. The summed E-state index contributed by atoms with van der Waals surface area (Å²) in [5.41, 5.74) is 10.1. The summed E-state index contributed by atoms with van der Waals surface area (Å²) >= 11 is 0. The number of hydrogen-bond acceptors (Lipinski definition) is 5. The Labute approximate surface area is 164 Å². The summed E-state index contributed by atoms with van der Waals surface area (Å²) in [4.78, 5) is 11.8. The van der Waals surface area contributed by atoms with Crippen LogP contribution in [0.3, 0.4) is 0 Å². The van der Waals surface area contributed by atoms with Gasteiger partial charge in [-0.2, -0.15) is 5.10 Å². The van der Waals surface area contributed by atoms with Crippen molar-refractivity contribution in [2.24, 2.45) is 7.05 Å². The molecular weight excluding hydrogens is 348 g/mol. The van der Waals surface area contributed by atoms with E-state index in [0.29, 0.717) is 0 Å². The van der Waals surface area contributed by atoms with Crippen molar-refractivity contribution < 1.29 is 0 Å². The standard InChI is InChI=1S/C22H24N6/c1-27(14-16-13-24-28(2)15-16)22-18-8-4-6-10-20(18)25-21(26-22)12-11-17-7-3-5-9-19(17)23/h3-10,13,15H,11-12,14,23H2,1-2H3. The molecule has 28 heavy (non-hydrogen) atoms. The van der Waals surface area contributed by atoms with Crippen molar-refractivity contribution in [2.75, 3.05) is 17.7 Å². The van der Waals surface area contributed by atoms with Crippen LogP contribution >= 0.6 is 0 Å². The van der Waals surface area contributed by atoms with E-state index in [9.17, 15) is 0 Å². The zero-order valence-corrected chi connectivity index (χ0v) is 16.2. The summed E-state index contributed by atoms with van der Waals surface area (Å²) in [6, 6.07) is 16.1. The molecule has 0 aliphatic rings. The minimum absolute atomic E-state index is 0.736. The number of aryl methyl sites for hydroxylation is 3. The molecule has 0 saturated heterocycles. The fourth-order valence-corrected chi connectivity index (χ4v) is 3.42. The maximum absolute atomic E-state index is 6.08. The lowest BCUT2D eigenvalue weighted by atomic mass is 10.1. The molecule has 0 bridgehead atoms. The number of hydrogen-bond donors (Lipinski definition) is 1. The van der Waals surface area contributed by atoms with Gasteiger partial charge in [-0.25, -0.2) is 9.97 Å². The van der Waals surface area contributed by atoms with E-state index in [1.54, 1.807) is 0 Å². The molecule has 2 aromatic heterocycles. The van der Waals surface area contributed by atoms with Gasteiger partial charge in [0.2, 0.25) is 0 Å². The second-order valence-corrected chi connectivity index (χ2v) is 7.06. The molecular formula is C22H24N6. The molecule has 4 aromatic rings. The van der Waals surface area contributed by atoms with Crippen molar-refractivity contribution in [3.05, 3.63) is 77.9 Å². The molecule has 0 fully saturated rings. The van der Waals surface area contributed by atoms with Gasteiger partial charge < -0.3 is 10.6 Å². The van der Waals surface area contributed by atoms with E-state index in [4.69, 9.17) is 15.7 Å². The minimum Gasteiger partial charge on any atom is -0.399 e. The van der Waals surface area contributed by atoms with Crippen LogP contribution in [0.1, 0.15) is 17.0 Å². The molecule has 2 aromatic carbocycles. The summed E-state index contributed by atoms with van der Waals surface area (Å²) < 4.78 is 1.82. The van der Waals surface area contributed by atoms with Crippen LogP contribution < -0.4 is 10.6 Å². The number of para-hydroxylation sites is 2. The smallest absolute Gasteiger partial charge is 0.140 e. The summed E-state index contributed by atoms with van der Waals surface area (Å²) in [5.74, 6) is 1.76. The number of nitrogens with two attached hydrogens (primary N) is 1. The van der Waals surface area contributed by atoms with Gasteiger partial charge in [-0.05, 0) is 30.2 Å². The van der Waals surface area contributed by atoms with Crippen LogP contribution in [0.4, 0.5) is 11.5 Å². The van der Waals surface area contributed by atoms with Crippen LogP contribution in [0.15, 0.2) is 60.9 Å². The van der Waals surface area contributed by atoms with E-state index >= 15 is 0 Å². The van der Waals surface area contributed by atoms with Gasteiger partial charge >= 0.3 is 0 Å². The number of anilines is 2. The SMILES string of the molecule is CN(Cc1cnn(C)c1)c1nc(CCc2ccccc2N)nc2ccccc12. The van der Waals surface area contributed by atoms with Gasteiger partial charge in [0, 0.05) is 49.9 Å². The molecule has 4 rings (SSSR count). The topological polar surface area (TPSA) is 72.9 Å². The average molecular weight is 372 g/mol. The average Bonchev–Trinajstić information content (AvgIpc) is 3.11. The molecule has 0 radical (unpaired) electrons. The van der Waals surface area contributed by atoms with Gasteiger partial charge in [0.15, 0.2) is 0 Å². The van der Waals surface area contributed by atoms with Crippen molar-refractivity contribution in [3.8, 4) is 0 Å². The normalized spacial score (nSPS) is 11.1. The number of aromatic nitrogens is 4. The van der Waals surface area contributed by atoms with Crippen LogP contribution in [0.25, 0.3) is 10.9 Å². The van der Waals surface area contributed by atoms with Crippen molar-refractivity contribution >= 4 is 22.4 Å². The van der Waals surface area contributed by atoms with Gasteiger partial charge in [0.25, 0.3) is 0 Å². The molecule has 2 heterocycles. The maximum Gasteiger partial charge on any atom is 0.140 e. The third-order valence-electron chi connectivity index (χ3n) is 4.84. The summed E-state index contributed by atoms with van der Waals surface area (Å²) in [7, 11) is 3.98. The minimum atomic E-state index is 0.736.